The lowest BCUT2D eigenvalue weighted by Crippen LogP contribution is -2.36. The van der Waals surface area contributed by atoms with E-state index in [0.29, 0.717) is 18.3 Å². The van der Waals surface area contributed by atoms with E-state index in [2.05, 4.69) is 35.0 Å². The Kier molecular flexibility index (Phi) is 6.11. The highest BCUT2D eigenvalue weighted by atomic mass is 32.1. The zero-order valence-electron chi connectivity index (χ0n) is 17.1. The first-order valence-electron chi connectivity index (χ1n) is 10.2. The van der Waals surface area contributed by atoms with E-state index in [-0.39, 0.29) is 5.91 Å². The predicted octanol–water partition coefficient (Wildman–Crippen LogP) is 3.38. The minimum absolute atomic E-state index is 0.00713. The zero-order chi connectivity index (χ0) is 20.2. The molecule has 152 valence electrons. The predicted molar refractivity (Wildman–Crippen MR) is 118 cm³/mol. The van der Waals surface area contributed by atoms with E-state index in [1.165, 1.54) is 16.1 Å². The van der Waals surface area contributed by atoms with E-state index in [1.54, 1.807) is 19.0 Å². The van der Waals surface area contributed by atoms with Crippen molar-refractivity contribution in [3.8, 4) is 0 Å². The average Bonchev–Trinajstić information content (AvgIpc) is 3.36. The molecule has 2 heterocycles. The molecule has 1 aliphatic rings. The summed E-state index contributed by atoms with van der Waals surface area (Å²) in [5.41, 5.74) is 4.17. The number of thiophene rings is 1. The van der Waals surface area contributed by atoms with E-state index in [1.807, 2.05) is 34.2 Å². The summed E-state index contributed by atoms with van der Waals surface area (Å²) in [5.74, 6) is -0.00713. The minimum Gasteiger partial charge on any atom is -0.343 e. The summed E-state index contributed by atoms with van der Waals surface area (Å²) >= 11 is 1.81. The summed E-state index contributed by atoms with van der Waals surface area (Å²) in [6.07, 6.45) is 3.95. The molecule has 0 fully saturated rings. The Balaban J connectivity index is 1.52. The van der Waals surface area contributed by atoms with Crippen LogP contribution in [0, 0.1) is 0 Å². The Hall–Kier alpha value is -2.44. The molecule has 0 radical (unpaired) electrons. The van der Waals surface area contributed by atoms with Crippen molar-refractivity contribution in [2.45, 2.75) is 38.3 Å². The minimum atomic E-state index is -0.00713. The van der Waals surface area contributed by atoms with Crippen molar-refractivity contribution in [1.29, 1.82) is 0 Å². The molecular formula is C23H28N4OS. The van der Waals surface area contributed by atoms with Crippen LogP contribution in [-0.4, -0.2) is 47.3 Å². The zero-order valence-corrected chi connectivity index (χ0v) is 17.9. The Morgan fingerprint density at radius 1 is 1.24 bits per heavy atom. The lowest BCUT2D eigenvalue weighted by atomic mass is 9.91. The molecule has 5 nitrogen and oxygen atoms in total. The Morgan fingerprint density at radius 2 is 2.07 bits per heavy atom. The van der Waals surface area contributed by atoms with Crippen LogP contribution in [0.15, 0.2) is 47.8 Å². The Labute approximate surface area is 176 Å². The monoisotopic (exact) mass is 408 g/mol. The smallest absolute Gasteiger partial charge is 0.274 e. The molecule has 0 saturated carbocycles. The number of amides is 1. The molecule has 0 aliphatic heterocycles. The van der Waals surface area contributed by atoms with Crippen molar-refractivity contribution >= 4 is 17.2 Å². The maximum atomic E-state index is 12.8. The summed E-state index contributed by atoms with van der Waals surface area (Å²) in [7, 11) is 3.59. The Morgan fingerprint density at radius 3 is 2.79 bits per heavy atom. The van der Waals surface area contributed by atoms with Gasteiger partial charge in [0.1, 0.15) is 0 Å². The lowest BCUT2D eigenvalue weighted by molar-refractivity contribution is 0.0820. The average molecular weight is 409 g/mol. The van der Waals surface area contributed by atoms with Gasteiger partial charge >= 0.3 is 0 Å². The normalized spacial score (nSPS) is 15.9. The van der Waals surface area contributed by atoms with Crippen molar-refractivity contribution < 1.29 is 4.79 Å². The number of nitrogens with one attached hydrogen (secondary N) is 1. The van der Waals surface area contributed by atoms with Gasteiger partial charge in [-0.25, -0.2) is 0 Å². The van der Waals surface area contributed by atoms with Gasteiger partial charge in [0.05, 0.1) is 6.54 Å². The number of aromatic nitrogens is 2. The molecule has 4 rings (SSSR count). The van der Waals surface area contributed by atoms with Crippen LogP contribution in [0.5, 0.6) is 0 Å². The molecule has 0 bridgehead atoms. The molecule has 0 spiro atoms. The van der Waals surface area contributed by atoms with Gasteiger partial charge < -0.3 is 10.2 Å². The molecule has 29 heavy (non-hydrogen) atoms. The summed E-state index contributed by atoms with van der Waals surface area (Å²) in [6.45, 7) is 1.68. The molecule has 3 aromatic rings. The third-order valence-electron chi connectivity index (χ3n) is 5.52. The Bertz CT molecular complexity index is 947. The quantitative estimate of drug-likeness (QED) is 0.652. The van der Waals surface area contributed by atoms with Crippen molar-refractivity contribution in [2.75, 3.05) is 20.6 Å². The molecule has 1 aromatic carbocycles. The highest BCUT2D eigenvalue weighted by Gasteiger charge is 2.29. The van der Waals surface area contributed by atoms with Gasteiger partial charge in [-0.05, 0) is 42.7 Å². The number of benzene rings is 1. The summed E-state index contributed by atoms with van der Waals surface area (Å²) in [6, 6.07) is 15.0. The van der Waals surface area contributed by atoms with Crippen molar-refractivity contribution in [3.63, 3.8) is 0 Å². The number of hydrogen-bond donors (Lipinski definition) is 1. The molecule has 1 aliphatic carbocycles. The standard InChI is InChI=1S/C23H28N4OS/c1-26(2)23(28)22-20-15-18(24-13-12-19-9-6-14-29-19)10-11-21(20)27(25-22)16-17-7-4-3-5-8-17/h3-9,14,18,24H,10-13,15-16H2,1-2H3/t18-/m0/s1. The van der Waals surface area contributed by atoms with Crippen LogP contribution in [0.2, 0.25) is 0 Å². The number of fused-ring (bicyclic) bond motifs is 1. The molecule has 0 unspecified atom stereocenters. The summed E-state index contributed by atoms with van der Waals surface area (Å²) in [5, 5.41) is 10.6. The van der Waals surface area contributed by atoms with Crippen LogP contribution in [0.4, 0.5) is 0 Å². The highest BCUT2D eigenvalue weighted by molar-refractivity contribution is 7.09. The highest BCUT2D eigenvalue weighted by Crippen LogP contribution is 2.26. The van der Waals surface area contributed by atoms with Crippen LogP contribution in [0.1, 0.15) is 38.6 Å². The maximum Gasteiger partial charge on any atom is 0.274 e. The first-order chi connectivity index (χ1) is 14.1. The second kappa shape index (κ2) is 8.93. The van der Waals surface area contributed by atoms with E-state index >= 15 is 0 Å². The third kappa shape index (κ3) is 4.60. The molecule has 1 amide bonds. The first kappa shape index (κ1) is 19.9. The number of rotatable bonds is 7. The summed E-state index contributed by atoms with van der Waals surface area (Å²) in [4.78, 5) is 15.8. The van der Waals surface area contributed by atoms with Gasteiger partial charge in [-0.2, -0.15) is 5.10 Å². The summed E-state index contributed by atoms with van der Waals surface area (Å²) < 4.78 is 2.04. The van der Waals surface area contributed by atoms with E-state index in [9.17, 15) is 4.79 Å². The maximum absolute atomic E-state index is 12.8. The largest absolute Gasteiger partial charge is 0.343 e. The first-order valence-corrected chi connectivity index (χ1v) is 11.1. The molecule has 1 N–H and O–H groups in total. The van der Waals surface area contributed by atoms with Crippen LogP contribution >= 0.6 is 11.3 Å². The third-order valence-corrected chi connectivity index (χ3v) is 6.45. The van der Waals surface area contributed by atoms with Crippen molar-refractivity contribution in [2.24, 2.45) is 0 Å². The van der Waals surface area contributed by atoms with Gasteiger partial charge in [-0.15, -0.1) is 11.3 Å². The van der Waals surface area contributed by atoms with Gasteiger partial charge in [0.15, 0.2) is 5.69 Å². The lowest BCUT2D eigenvalue weighted by Gasteiger charge is -2.25. The molecule has 6 heteroatoms. The molecule has 1 atom stereocenters. The SMILES string of the molecule is CN(C)C(=O)c1nn(Cc2ccccc2)c2c1C[C@@H](NCCc1cccs1)CC2. The van der Waals surface area contributed by atoms with Crippen molar-refractivity contribution in [1.82, 2.24) is 20.0 Å². The topological polar surface area (TPSA) is 50.2 Å². The second-order valence-electron chi connectivity index (χ2n) is 7.84. The van der Waals surface area contributed by atoms with E-state index in [0.717, 1.165) is 37.8 Å². The van der Waals surface area contributed by atoms with Gasteiger partial charge in [0.2, 0.25) is 0 Å². The van der Waals surface area contributed by atoms with Crippen LogP contribution in [0.3, 0.4) is 0 Å². The fourth-order valence-corrected chi connectivity index (χ4v) is 4.70. The van der Waals surface area contributed by atoms with E-state index in [4.69, 9.17) is 5.10 Å². The number of carbonyl (C=O) groups is 1. The molecule has 0 saturated heterocycles. The van der Waals surface area contributed by atoms with Crippen molar-refractivity contribution in [3.05, 3.63) is 75.2 Å². The van der Waals surface area contributed by atoms with Crippen LogP contribution < -0.4 is 5.32 Å². The van der Waals surface area contributed by atoms with Gasteiger partial charge in [-0.3, -0.25) is 9.48 Å². The second-order valence-corrected chi connectivity index (χ2v) is 8.87. The van der Waals surface area contributed by atoms with Gasteiger partial charge in [0, 0.05) is 42.8 Å². The number of carbonyl (C=O) groups excluding carboxylic acids is 1. The fourth-order valence-electron chi connectivity index (χ4n) is 3.99. The van der Waals surface area contributed by atoms with E-state index < -0.39 is 0 Å². The van der Waals surface area contributed by atoms with Crippen LogP contribution in [-0.2, 0) is 25.8 Å². The van der Waals surface area contributed by atoms with Gasteiger partial charge in [-0.1, -0.05) is 36.4 Å². The fraction of sp³-hybridized carbons (Fsp3) is 0.391. The number of hydrogen-bond acceptors (Lipinski definition) is 4. The van der Waals surface area contributed by atoms with Crippen LogP contribution in [0.25, 0.3) is 0 Å². The molecular weight excluding hydrogens is 380 g/mol. The number of nitrogens with zero attached hydrogens (tertiary/aromatic N) is 3. The molecule has 2 aromatic heterocycles. The van der Waals surface area contributed by atoms with Gasteiger partial charge in [0.25, 0.3) is 5.91 Å².